The SMILES string of the molecule is C=C(NNC(=O)c1ccc(N)cc1)c1ccccn1. The maximum absolute atomic E-state index is 11.8. The number of pyridine rings is 1. The molecule has 0 saturated heterocycles. The average molecular weight is 254 g/mol. The molecule has 5 nitrogen and oxygen atoms in total. The third kappa shape index (κ3) is 3.32. The molecule has 1 heterocycles. The van der Waals surface area contributed by atoms with Gasteiger partial charge in [-0.3, -0.25) is 20.6 Å². The molecular formula is C14H14N4O. The van der Waals surface area contributed by atoms with Crippen molar-refractivity contribution in [2.45, 2.75) is 0 Å². The highest BCUT2D eigenvalue weighted by atomic mass is 16.2. The lowest BCUT2D eigenvalue weighted by atomic mass is 10.2. The summed E-state index contributed by atoms with van der Waals surface area (Å²) in [7, 11) is 0. The number of nitrogens with one attached hydrogen (secondary N) is 2. The maximum atomic E-state index is 11.8. The van der Waals surface area contributed by atoms with Gasteiger partial charge in [0.2, 0.25) is 0 Å². The molecule has 0 radical (unpaired) electrons. The van der Waals surface area contributed by atoms with E-state index in [0.29, 0.717) is 22.6 Å². The molecule has 2 rings (SSSR count). The van der Waals surface area contributed by atoms with Crippen LogP contribution in [0.1, 0.15) is 16.1 Å². The summed E-state index contributed by atoms with van der Waals surface area (Å²) in [6.07, 6.45) is 1.66. The molecule has 0 aliphatic rings. The highest BCUT2D eigenvalue weighted by Gasteiger charge is 2.05. The van der Waals surface area contributed by atoms with Gasteiger partial charge in [-0.2, -0.15) is 0 Å². The van der Waals surface area contributed by atoms with Crippen molar-refractivity contribution in [3.8, 4) is 0 Å². The number of anilines is 1. The number of aromatic nitrogens is 1. The number of hydrogen-bond donors (Lipinski definition) is 3. The fourth-order valence-electron chi connectivity index (χ4n) is 1.44. The van der Waals surface area contributed by atoms with Gasteiger partial charge in [0.05, 0.1) is 11.4 Å². The van der Waals surface area contributed by atoms with Gasteiger partial charge in [0, 0.05) is 17.4 Å². The Kier molecular flexibility index (Phi) is 3.78. The van der Waals surface area contributed by atoms with E-state index < -0.39 is 0 Å². The predicted molar refractivity (Wildman–Crippen MR) is 74.7 cm³/mol. The van der Waals surface area contributed by atoms with Crippen molar-refractivity contribution in [3.63, 3.8) is 0 Å². The number of rotatable bonds is 4. The Hall–Kier alpha value is -2.82. The standard InChI is InChI=1S/C14H14N4O/c1-10(13-4-2-3-9-16-13)17-18-14(19)11-5-7-12(15)8-6-11/h2-9,17H,1,15H2,(H,18,19). The molecule has 0 aliphatic heterocycles. The Labute approximate surface area is 111 Å². The minimum absolute atomic E-state index is 0.267. The van der Waals surface area contributed by atoms with Crippen molar-refractivity contribution in [2.24, 2.45) is 0 Å². The predicted octanol–water partition coefficient (Wildman–Crippen LogP) is 1.57. The van der Waals surface area contributed by atoms with E-state index in [1.807, 2.05) is 12.1 Å². The second-order valence-electron chi connectivity index (χ2n) is 3.89. The van der Waals surface area contributed by atoms with Gasteiger partial charge in [-0.1, -0.05) is 12.6 Å². The van der Waals surface area contributed by atoms with Gasteiger partial charge >= 0.3 is 0 Å². The molecule has 4 N–H and O–H groups in total. The van der Waals surface area contributed by atoms with E-state index in [-0.39, 0.29) is 5.91 Å². The first kappa shape index (κ1) is 12.6. The van der Waals surface area contributed by atoms with Gasteiger partial charge in [0.15, 0.2) is 0 Å². The molecule has 0 spiro atoms. The molecule has 2 aromatic rings. The topological polar surface area (TPSA) is 80.0 Å². The van der Waals surface area contributed by atoms with Crippen molar-refractivity contribution < 1.29 is 4.79 Å². The molecule has 1 aromatic heterocycles. The summed E-state index contributed by atoms with van der Waals surface area (Å²) >= 11 is 0. The molecule has 1 amide bonds. The van der Waals surface area contributed by atoms with Crippen molar-refractivity contribution in [1.29, 1.82) is 0 Å². The van der Waals surface area contributed by atoms with Crippen LogP contribution in [0.2, 0.25) is 0 Å². The van der Waals surface area contributed by atoms with Crippen molar-refractivity contribution in [3.05, 3.63) is 66.5 Å². The normalized spacial score (nSPS) is 9.68. The lowest BCUT2D eigenvalue weighted by molar-refractivity contribution is 0.0942. The molecule has 0 fully saturated rings. The third-order valence-electron chi connectivity index (χ3n) is 2.47. The van der Waals surface area contributed by atoms with E-state index in [2.05, 4.69) is 22.4 Å². The van der Waals surface area contributed by atoms with Crippen LogP contribution in [-0.4, -0.2) is 10.9 Å². The van der Waals surface area contributed by atoms with Crippen LogP contribution < -0.4 is 16.6 Å². The molecule has 1 aromatic carbocycles. The second kappa shape index (κ2) is 5.68. The molecule has 0 aliphatic carbocycles. The van der Waals surface area contributed by atoms with Gasteiger partial charge in [0.1, 0.15) is 0 Å². The number of amides is 1. The minimum Gasteiger partial charge on any atom is -0.399 e. The summed E-state index contributed by atoms with van der Waals surface area (Å²) in [6, 6.07) is 12.1. The third-order valence-corrected chi connectivity index (χ3v) is 2.47. The molecule has 19 heavy (non-hydrogen) atoms. The lowest BCUT2D eigenvalue weighted by Crippen LogP contribution is -2.36. The summed E-state index contributed by atoms with van der Waals surface area (Å²) in [4.78, 5) is 15.9. The van der Waals surface area contributed by atoms with Crippen molar-refractivity contribution in [2.75, 3.05) is 5.73 Å². The fourth-order valence-corrected chi connectivity index (χ4v) is 1.44. The van der Waals surface area contributed by atoms with Crippen LogP contribution in [0.15, 0.2) is 55.2 Å². The van der Waals surface area contributed by atoms with E-state index in [0.717, 1.165) is 0 Å². The number of nitrogens with two attached hydrogens (primary N) is 1. The summed E-state index contributed by atoms with van der Waals surface area (Å²) in [5.74, 6) is -0.267. The zero-order valence-electron chi connectivity index (χ0n) is 10.3. The van der Waals surface area contributed by atoms with Gasteiger partial charge in [-0.05, 0) is 36.4 Å². The summed E-state index contributed by atoms with van der Waals surface area (Å²) < 4.78 is 0. The first-order valence-corrected chi connectivity index (χ1v) is 5.69. The van der Waals surface area contributed by atoms with E-state index in [9.17, 15) is 4.79 Å². The Morgan fingerprint density at radius 2 is 1.84 bits per heavy atom. The van der Waals surface area contributed by atoms with Crippen LogP contribution in [-0.2, 0) is 0 Å². The summed E-state index contributed by atoms with van der Waals surface area (Å²) in [6.45, 7) is 3.80. The van der Waals surface area contributed by atoms with E-state index in [1.165, 1.54) is 0 Å². The Balaban J connectivity index is 1.94. The number of carbonyl (C=O) groups is 1. The molecule has 96 valence electrons. The van der Waals surface area contributed by atoms with E-state index >= 15 is 0 Å². The molecule has 0 bridgehead atoms. The molecule has 0 atom stereocenters. The number of benzene rings is 1. The van der Waals surface area contributed by atoms with Crippen LogP contribution in [0.3, 0.4) is 0 Å². The largest absolute Gasteiger partial charge is 0.399 e. The Morgan fingerprint density at radius 1 is 1.11 bits per heavy atom. The van der Waals surface area contributed by atoms with Gasteiger partial charge in [-0.25, -0.2) is 0 Å². The van der Waals surface area contributed by atoms with Crippen molar-refractivity contribution >= 4 is 17.3 Å². The highest BCUT2D eigenvalue weighted by molar-refractivity contribution is 5.94. The number of nitrogens with zero attached hydrogens (tertiary/aromatic N) is 1. The van der Waals surface area contributed by atoms with Crippen molar-refractivity contribution in [1.82, 2.24) is 15.8 Å². The second-order valence-corrected chi connectivity index (χ2v) is 3.89. The summed E-state index contributed by atoms with van der Waals surface area (Å²) in [5, 5.41) is 0. The average Bonchev–Trinajstić information content (AvgIpc) is 2.46. The van der Waals surface area contributed by atoms with Crippen LogP contribution >= 0.6 is 0 Å². The summed E-state index contributed by atoms with van der Waals surface area (Å²) in [5.41, 5.74) is 13.1. The van der Waals surface area contributed by atoms with Crippen LogP contribution in [0.5, 0.6) is 0 Å². The molecule has 0 saturated carbocycles. The Morgan fingerprint density at radius 3 is 2.47 bits per heavy atom. The van der Waals surface area contributed by atoms with E-state index in [4.69, 9.17) is 5.73 Å². The zero-order valence-corrected chi connectivity index (χ0v) is 10.3. The number of hydrogen-bond acceptors (Lipinski definition) is 4. The number of nitrogen functional groups attached to an aromatic ring is 1. The quantitative estimate of drug-likeness (QED) is 0.571. The number of hydrazine groups is 1. The molecular weight excluding hydrogens is 240 g/mol. The van der Waals surface area contributed by atoms with Crippen LogP contribution in [0.25, 0.3) is 5.70 Å². The van der Waals surface area contributed by atoms with Gasteiger partial charge in [0.25, 0.3) is 5.91 Å². The fraction of sp³-hybridized carbons (Fsp3) is 0. The molecule has 0 unspecified atom stereocenters. The van der Waals surface area contributed by atoms with E-state index in [1.54, 1.807) is 36.5 Å². The first-order valence-electron chi connectivity index (χ1n) is 5.69. The zero-order chi connectivity index (χ0) is 13.7. The smallest absolute Gasteiger partial charge is 0.269 e. The van der Waals surface area contributed by atoms with Gasteiger partial charge in [-0.15, -0.1) is 0 Å². The first-order chi connectivity index (χ1) is 9.16. The highest BCUT2D eigenvalue weighted by Crippen LogP contribution is 2.06. The van der Waals surface area contributed by atoms with Crippen LogP contribution in [0, 0.1) is 0 Å². The monoisotopic (exact) mass is 254 g/mol. The Bertz CT molecular complexity index is 578. The minimum atomic E-state index is -0.267. The number of carbonyl (C=O) groups excluding carboxylic acids is 1. The lowest BCUT2D eigenvalue weighted by Gasteiger charge is -2.10. The molecule has 5 heteroatoms. The van der Waals surface area contributed by atoms with Crippen LogP contribution in [0.4, 0.5) is 5.69 Å². The maximum Gasteiger partial charge on any atom is 0.269 e. The van der Waals surface area contributed by atoms with Gasteiger partial charge < -0.3 is 5.73 Å².